The summed E-state index contributed by atoms with van der Waals surface area (Å²) in [7, 11) is 0. The molecule has 0 saturated carbocycles. The second-order valence-corrected chi connectivity index (χ2v) is 4.53. The van der Waals surface area contributed by atoms with Crippen LogP contribution in [0, 0.1) is 11.2 Å². The van der Waals surface area contributed by atoms with Crippen molar-refractivity contribution in [2.75, 3.05) is 0 Å². The Morgan fingerprint density at radius 3 is 2.32 bits per heavy atom. The third-order valence-corrected chi connectivity index (χ3v) is 2.81. The predicted molar refractivity (Wildman–Crippen MR) is 78.9 cm³/mol. The second-order valence-electron chi connectivity index (χ2n) is 3.61. The minimum atomic E-state index is -0.550. The van der Waals surface area contributed by atoms with Gasteiger partial charge in [0.25, 0.3) is 0 Å². The molecule has 0 unspecified atom stereocenters. The normalized spacial score (nSPS) is 9.58. The summed E-state index contributed by atoms with van der Waals surface area (Å²) in [6.07, 6.45) is 0. The Hall–Kier alpha value is -1.59. The van der Waals surface area contributed by atoms with Crippen molar-refractivity contribution in [1.82, 2.24) is 0 Å². The van der Waals surface area contributed by atoms with Gasteiger partial charge in [-0.2, -0.15) is 0 Å². The number of rotatable bonds is 3. The highest BCUT2D eigenvalue weighted by molar-refractivity contribution is 9.10. The molecule has 0 bridgehead atoms. The molecule has 0 fully saturated rings. The van der Waals surface area contributed by atoms with Crippen LogP contribution in [-0.2, 0) is 0 Å². The first-order valence-corrected chi connectivity index (χ1v) is 5.93. The van der Waals surface area contributed by atoms with Gasteiger partial charge >= 0.3 is 0 Å². The number of nitrogens with two attached hydrogens (primary N) is 1. The van der Waals surface area contributed by atoms with Gasteiger partial charge in [-0.25, -0.2) is 4.39 Å². The first-order valence-electron chi connectivity index (χ1n) is 5.13. The van der Waals surface area contributed by atoms with Gasteiger partial charge in [0.15, 0.2) is 11.6 Å². The smallest absolute Gasteiger partial charge is 0.166 e. The number of nitrogens with one attached hydrogen (secondary N) is 1. The lowest BCUT2D eigenvalue weighted by Crippen LogP contribution is -2.11. The van der Waals surface area contributed by atoms with Crippen molar-refractivity contribution < 1.29 is 9.13 Å². The molecule has 3 N–H and O–H groups in total. The van der Waals surface area contributed by atoms with Gasteiger partial charge in [-0.1, -0.05) is 15.9 Å². The molecule has 0 aliphatic carbocycles. The fourth-order valence-corrected chi connectivity index (χ4v) is 1.65. The summed E-state index contributed by atoms with van der Waals surface area (Å²) in [6.45, 7) is 0. The zero-order valence-corrected chi connectivity index (χ0v) is 12.1. The maximum atomic E-state index is 13.7. The van der Waals surface area contributed by atoms with E-state index in [0.717, 1.165) is 4.47 Å². The first kappa shape index (κ1) is 15.5. The monoisotopic (exact) mass is 344 g/mol. The summed E-state index contributed by atoms with van der Waals surface area (Å²) in [5.41, 5.74) is 5.60. The molecular formula is C13H11BrClFN2O. The largest absolute Gasteiger partial charge is 0.454 e. The molecule has 0 aromatic heterocycles. The Labute approximate surface area is 124 Å². The molecule has 6 heteroatoms. The van der Waals surface area contributed by atoms with Crippen molar-refractivity contribution in [3.05, 3.63) is 58.3 Å². The SMILES string of the molecule is Cl.N=C(N)c1ccc(Oc2ccc(Br)cc2)c(F)c1. The van der Waals surface area contributed by atoms with Crippen molar-refractivity contribution in [2.45, 2.75) is 0 Å². The molecule has 100 valence electrons. The summed E-state index contributed by atoms with van der Waals surface area (Å²) in [5, 5.41) is 7.21. The standard InChI is InChI=1S/C13H10BrFN2O.ClH/c14-9-2-4-10(5-3-9)18-12-6-1-8(13(16)17)7-11(12)15;/h1-7H,(H3,16,17);1H. The molecule has 3 nitrogen and oxygen atoms in total. The van der Waals surface area contributed by atoms with Gasteiger partial charge in [0, 0.05) is 10.0 Å². The van der Waals surface area contributed by atoms with Crippen molar-refractivity contribution in [3.8, 4) is 11.5 Å². The van der Waals surface area contributed by atoms with Crippen molar-refractivity contribution in [2.24, 2.45) is 5.73 Å². The van der Waals surface area contributed by atoms with E-state index in [2.05, 4.69) is 15.9 Å². The molecule has 0 aliphatic heterocycles. The van der Waals surface area contributed by atoms with Crippen LogP contribution in [0.3, 0.4) is 0 Å². The molecule has 0 amide bonds. The summed E-state index contributed by atoms with van der Waals surface area (Å²) in [5.74, 6) is -0.0929. The van der Waals surface area contributed by atoms with E-state index in [1.807, 2.05) is 0 Å². The van der Waals surface area contributed by atoms with Crippen LogP contribution < -0.4 is 10.5 Å². The number of hydrogen-bond acceptors (Lipinski definition) is 2. The van der Waals surface area contributed by atoms with Gasteiger partial charge in [-0.15, -0.1) is 12.4 Å². The fraction of sp³-hybridized carbons (Fsp3) is 0. The molecule has 0 heterocycles. The van der Waals surface area contributed by atoms with E-state index < -0.39 is 5.82 Å². The molecule has 19 heavy (non-hydrogen) atoms. The maximum Gasteiger partial charge on any atom is 0.166 e. The molecule has 2 aromatic carbocycles. The Morgan fingerprint density at radius 2 is 1.79 bits per heavy atom. The van der Waals surface area contributed by atoms with Crippen LogP contribution in [0.25, 0.3) is 0 Å². The highest BCUT2D eigenvalue weighted by atomic mass is 79.9. The average Bonchev–Trinajstić information content (AvgIpc) is 2.34. The average molecular weight is 346 g/mol. The topological polar surface area (TPSA) is 59.1 Å². The number of ether oxygens (including phenoxy) is 1. The lowest BCUT2D eigenvalue weighted by molar-refractivity contribution is 0.442. The summed E-state index contributed by atoms with van der Waals surface area (Å²) >= 11 is 3.30. The van der Waals surface area contributed by atoms with Gasteiger partial charge in [-0.3, -0.25) is 5.41 Å². The molecule has 0 radical (unpaired) electrons. The lowest BCUT2D eigenvalue weighted by atomic mass is 10.2. The zero-order chi connectivity index (χ0) is 13.1. The van der Waals surface area contributed by atoms with Gasteiger partial charge in [-0.05, 0) is 42.5 Å². The summed E-state index contributed by atoms with van der Waals surface area (Å²) in [6, 6.07) is 11.2. The predicted octanol–water partition coefficient (Wildman–Crippen LogP) is 4.09. The zero-order valence-electron chi connectivity index (χ0n) is 9.69. The summed E-state index contributed by atoms with van der Waals surface area (Å²) in [4.78, 5) is 0. The van der Waals surface area contributed by atoms with Crippen LogP contribution in [0.1, 0.15) is 5.56 Å². The molecule has 0 aliphatic rings. The first-order chi connectivity index (χ1) is 8.56. The van der Waals surface area contributed by atoms with Crippen LogP contribution in [-0.4, -0.2) is 5.84 Å². The Kier molecular flexibility index (Phi) is 5.32. The van der Waals surface area contributed by atoms with Crippen molar-refractivity contribution >= 4 is 34.2 Å². The number of halogens is 3. The van der Waals surface area contributed by atoms with Crippen LogP contribution in [0.5, 0.6) is 11.5 Å². The van der Waals surface area contributed by atoms with E-state index in [0.29, 0.717) is 11.3 Å². The minimum Gasteiger partial charge on any atom is -0.454 e. The van der Waals surface area contributed by atoms with Crippen LogP contribution in [0.2, 0.25) is 0 Å². The Bertz CT molecular complexity index is 590. The van der Waals surface area contributed by atoms with Gasteiger partial charge in [0.05, 0.1) is 0 Å². The van der Waals surface area contributed by atoms with E-state index in [1.54, 1.807) is 30.3 Å². The van der Waals surface area contributed by atoms with Crippen LogP contribution in [0.4, 0.5) is 4.39 Å². The number of hydrogen-bond donors (Lipinski definition) is 2. The van der Waals surface area contributed by atoms with Crippen LogP contribution in [0.15, 0.2) is 46.9 Å². The maximum absolute atomic E-state index is 13.7. The fourth-order valence-electron chi connectivity index (χ4n) is 1.38. The number of amidine groups is 1. The quantitative estimate of drug-likeness (QED) is 0.650. The van der Waals surface area contributed by atoms with E-state index in [4.69, 9.17) is 15.9 Å². The Balaban J connectivity index is 0.00000180. The molecule has 0 atom stereocenters. The number of nitrogen functional groups attached to an aromatic ring is 1. The highest BCUT2D eigenvalue weighted by Gasteiger charge is 2.07. The van der Waals surface area contributed by atoms with E-state index in [9.17, 15) is 4.39 Å². The molecule has 2 aromatic rings. The van der Waals surface area contributed by atoms with Crippen molar-refractivity contribution in [3.63, 3.8) is 0 Å². The highest BCUT2D eigenvalue weighted by Crippen LogP contribution is 2.26. The Morgan fingerprint density at radius 1 is 1.16 bits per heavy atom. The van der Waals surface area contributed by atoms with Gasteiger partial charge in [0.2, 0.25) is 0 Å². The van der Waals surface area contributed by atoms with Gasteiger partial charge < -0.3 is 10.5 Å². The molecular weight excluding hydrogens is 335 g/mol. The molecule has 2 rings (SSSR count). The molecule has 0 saturated heterocycles. The van der Waals surface area contributed by atoms with E-state index in [-0.39, 0.29) is 24.0 Å². The molecule has 0 spiro atoms. The van der Waals surface area contributed by atoms with E-state index in [1.165, 1.54) is 12.1 Å². The third kappa shape index (κ3) is 3.94. The minimum absolute atomic E-state index is 0. The van der Waals surface area contributed by atoms with Crippen LogP contribution >= 0.6 is 28.3 Å². The van der Waals surface area contributed by atoms with Gasteiger partial charge in [0.1, 0.15) is 11.6 Å². The van der Waals surface area contributed by atoms with Crippen molar-refractivity contribution in [1.29, 1.82) is 5.41 Å². The number of benzene rings is 2. The third-order valence-electron chi connectivity index (χ3n) is 2.28. The van der Waals surface area contributed by atoms with E-state index >= 15 is 0 Å². The summed E-state index contributed by atoms with van der Waals surface area (Å²) < 4.78 is 20.0. The second kappa shape index (κ2) is 6.54. The lowest BCUT2D eigenvalue weighted by Gasteiger charge is -2.08.